The molecule has 2 nitrogen and oxygen atoms in total. The maximum Gasteiger partial charge on any atom is 0.0872 e. The fraction of sp³-hybridized carbons (Fsp3) is 0.833. The van der Waals surface area contributed by atoms with E-state index >= 15 is 0 Å². The van der Waals surface area contributed by atoms with Crippen LogP contribution < -0.4 is 5.73 Å². The molecule has 2 heteroatoms. The van der Waals surface area contributed by atoms with Crippen LogP contribution in [-0.2, 0) is 0 Å². The molecule has 0 amide bonds. The molecule has 1 fully saturated rings. The molecule has 1 saturated carbocycles. The third-order valence-electron chi connectivity index (χ3n) is 3.67. The highest BCUT2D eigenvalue weighted by Crippen LogP contribution is 2.38. The monoisotopic (exact) mass is 195 g/mol. The molecule has 2 unspecified atom stereocenters. The molecule has 80 valence electrons. The molecule has 0 aromatic heterocycles. The van der Waals surface area contributed by atoms with E-state index in [0.29, 0.717) is 0 Å². The Morgan fingerprint density at radius 3 is 2.93 bits per heavy atom. The van der Waals surface area contributed by atoms with Gasteiger partial charge in [-0.3, -0.25) is 0 Å². The number of aliphatic hydroxyl groups is 1. The van der Waals surface area contributed by atoms with E-state index in [4.69, 9.17) is 5.73 Å². The predicted molar refractivity (Wildman–Crippen MR) is 57.9 cm³/mol. The molecule has 0 aromatic rings. The fourth-order valence-electron chi connectivity index (χ4n) is 2.79. The summed E-state index contributed by atoms with van der Waals surface area (Å²) in [5.74, 6) is 0. The lowest BCUT2D eigenvalue weighted by Crippen LogP contribution is -2.30. The van der Waals surface area contributed by atoms with Crippen LogP contribution in [0.25, 0.3) is 0 Å². The van der Waals surface area contributed by atoms with E-state index in [1.165, 1.54) is 24.8 Å². The average molecular weight is 195 g/mol. The van der Waals surface area contributed by atoms with Gasteiger partial charge in [0.05, 0.1) is 5.60 Å². The van der Waals surface area contributed by atoms with Crippen LogP contribution in [0.3, 0.4) is 0 Å². The first kappa shape index (κ1) is 10.2. The van der Waals surface area contributed by atoms with Gasteiger partial charge < -0.3 is 10.8 Å². The first-order chi connectivity index (χ1) is 6.71. The normalized spacial score (nSPS) is 39.3. The summed E-state index contributed by atoms with van der Waals surface area (Å²) in [6, 6.07) is 0.212. The minimum Gasteiger partial charge on any atom is -0.385 e. The van der Waals surface area contributed by atoms with Crippen LogP contribution >= 0.6 is 0 Å². The third-order valence-corrected chi connectivity index (χ3v) is 3.67. The number of hydrogen-bond acceptors (Lipinski definition) is 2. The number of allylic oxidation sites excluding steroid dienone is 1. The second kappa shape index (κ2) is 4.03. The maximum absolute atomic E-state index is 10.5. The minimum atomic E-state index is -0.538. The smallest absolute Gasteiger partial charge is 0.0872 e. The molecule has 0 heterocycles. The van der Waals surface area contributed by atoms with Crippen molar-refractivity contribution in [1.82, 2.24) is 0 Å². The molecule has 14 heavy (non-hydrogen) atoms. The van der Waals surface area contributed by atoms with Crippen molar-refractivity contribution >= 4 is 0 Å². The van der Waals surface area contributed by atoms with Gasteiger partial charge in [-0.25, -0.2) is 0 Å². The van der Waals surface area contributed by atoms with Crippen molar-refractivity contribution in [3.63, 3.8) is 0 Å². The molecule has 0 radical (unpaired) electrons. The lowest BCUT2D eigenvalue weighted by atomic mass is 9.88. The SMILES string of the molecule is NC1CCC(O)(C2=CCCCCC2)C1. The minimum absolute atomic E-state index is 0.212. The lowest BCUT2D eigenvalue weighted by Gasteiger charge is -2.26. The highest BCUT2D eigenvalue weighted by molar-refractivity contribution is 5.20. The van der Waals surface area contributed by atoms with Gasteiger partial charge in [0.15, 0.2) is 0 Å². The summed E-state index contributed by atoms with van der Waals surface area (Å²) >= 11 is 0. The van der Waals surface area contributed by atoms with Crippen LogP contribution in [0.2, 0.25) is 0 Å². The Balaban J connectivity index is 2.08. The molecule has 0 aromatic carbocycles. The first-order valence-corrected chi connectivity index (χ1v) is 5.88. The van der Waals surface area contributed by atoms with Gasteiger partial charge in [-0.2, -0.15) is 0 Å². The van der Waals surface area contributed by atoms with Crippen molar-refractivity contribution in [3.8, 4) is 0 Å². The topological polar surface area (TPSA) is 46.2 Å². The summed E-state index contributed by atoms with van der Waals surface area (Å²) < 4.78 is 0. The molecule has 2 aliphatic carbocycles. The Bertz CT molecular complexity index is 236. The van der Waals surface area contributed by atoms with Gasteiger partial charge in [-0.05, 0) is 50.5 Å². The van der Waals surface area contributed by atoms with Crippen LogP contribution in [0.5, 0.6) is 0 Å². The van der Waals surface area contributed by atoms with Crippen LogP contribution in [0.1, 0.15) is 51.4 Å². The van der Waals surface area contributed by atoms with Crippen LogP contribution in [0.15, 0.2) is 11.6 Å². The molecule has 2 aliphatic rings. The average Bonchev–Trinajstić information content (AvgIpc) is 2.45. The van der Waals surface area contributed by atoms with E-state index in [-0.39, 0.29) is 6.04 Å². The molecule has 0 saturated heterocycles. The second-order valence-electron chi connectivity index (χ2n) is 4.86. The van der Waals surface area contributed by atoms with Crippen LogP contribution in [-0.4, -0.2) is 16.7 Å². The zero-order chi connectivity index (χ0) is 10.0. The molecule has 2 rings (SSSR count). The fourth-order valence-corrected chi connectivity index (χ4v) is 2.79. The molecule has 0 aliphatic heterocycles. The molecule has 2 atom stereocenters. The summed E-state index contributed by atoms with van der Waals surface area (Å²) in [5.41, 5.74) is 6.61. The molecular formula is C12H21NO. The number of nitrogens with two attached hydrogens (primary N) is 1. The lowest BCUT2D eigenvalue weighted by molar-refractivity contribution is 0.0808. The van der Waals surface area contributed by atoms with Crippen LogP contribution in [0.4, 0.5) is 0 Å². The Labute approximate surface area is 86.2 Å². The first-order valence-electron chi connectivity index (χ1n) is 5.88. The highest BCUT2D eigenvalue weighted by atomic mass is 16.3. The van der Waals surface area contributed by atoms with Crippen molar-refractivity contribution in [2.75, 3.05) is 0 Å². The van der Waals surface area contributed by atoms with E-state index in [0.717, 1.165) is 32.1 Å². The molecule has 0 bridgehead atoms. The Kier molecular flexibility index (Phi) is 2.93. The van der Waals surface area contributed by atoms with Crippen molar-refractivity contribution in [1.29, 1.82) is 0 Å². The van der Waals surface area contributed by atoms with E-state index < -0.39 is 5.60 Å². The van der Waals surface area contributed by atoms with Gasteiger partial charge in [0, 0.05) is 6.04 Å². The van der Waals surface area contributed by atoms with Gasteiger partial charge in [0.25, 0.3) is 0 Å². The van der Waals surface area contributed by atoms with Crippen LogP contribution in [0, 0.1) is 0 Å². The van der Waals surface area contributed by atoms with E-state index in [1.807, 2.05) is 0 Å². The maximum atomic E-state index is 10.5. The zero-order valence-electron chi connectivity index (χ0n) is 8.84. The summed E-state index contributed by atoms with van der Waals surface area (Å²) in [5, 5.41) is 10.5. The Morgan fingerprint density at radius 1 is 1.36 bits per heavy atom. The highest BCUT2D eigenvalue weighted by Gasteiger charge is 2.38. The van der Waals surface area contributed by atoms with Gasteiger partial charge in [-0.1, -0.05) is 12.5 Å². The standard InChI is InChI=1S/C12H21NO/c13-11-7-8-12(14,9-11)10-5-3-1-2-4-6-10/h5,11,14H,1-4,6-9,13H2. The van der Waals surface area contributed by atoms with Gasteiger partial charge >= 0.3 is 0 Å². The predicted octanol–water partition coefficient (Wildman–Crippen LogP) is 2.12. The van der Waals surface area contributed by atoms with E-state index in [9.17, 15) is 5.11 Å². The van der Waals surface area contributed by atoms with Gasteiger partial charge in [0.2, 0.25) is 0 Å². The number of rotatable bonds is 1. The molecular weight excluding hydrogens is 174 g/mol. The van der Waals surface area contributed by atoms with E-state index in [1.54, 1.807) is 0 Å². The number of hydrogen-bond donors (Lipinski definition) is 2. The summed E-state index contributed by atoms with van der Waals surface area (Å²) in [7, 11) is 0. The summed E-state index contributed by atoms with van der Waals surface area (Å²) in [6.07, 6.45) is 11.0. The Hall–Kier alpha value is -0.340. The molecule has 0 spiro atoms. The summed E-state index contributed by atoms with van der Waals surface area (Å²) in [4.78, 5) is 0. The van der Waals surface area contributed by atoms with Gasteiger partial charge in [-0.15, -0.1) is 0 Å². The van der Waals surface area contributed by atoms with Crippen molar-refractivity contribution < 1.29 is 5.11 Å². The van der Waals surface area contributed by atoms with Gasteiger partial charge in [0.1, 0.15) is 0 Å². The largest absolute Gasteiger partial charge is 0.385 e. The quantitative estimate of drug-likeness (QED) is 0.629. The second-order valence-corrected chi connectivity index (χ2v) is 4.86. The van der Waals surface area contributed by atoms with E-state index in [2.05, 4.69) is 6.08 Å². The third kappa shape index (κ3) is 2.01. The van der Waals surface area contributed by atoms with Crippen molar-refractivity contribution in [2.45, 2.75) is 63.0 Å². The summed E-state index contributed by atoms with van der Waals surface area (Å²) in [6.45, 7) is 0. The van der Waals surface area contributed by atoms with Crippen molar-refractivity contribution in [2.24, 2.45) is 5.73 Å². The Morgan fingerprint density at radius 2 is 2.21 bits per heavy atom. The van der Waals surface area contributed by atoms with Crippen molar-refractivity contribution in [3.05, 3.63) is 11.6 Å². The molecule has 3 N–H and O–H groups in total. The zero-order valence-corrected chi connectivity index (χ0v) is 8.84.